The summed E-state index contributed by atoms with van der Waals surface area (Å²) in [5, 5.41) is 9.21. The van der Waals surface area contributed by atoms with Gasteiger partial charge in [0.15, 0.2) is 0 Å². The van der Waals surface area contributed by atoms with Crippen molar-refractivity contribution in [3.63, 3.8) is 0 Å². The molecule has 0 saturated heterocycles. The number of hydrogen-bond donors (Lipinski definition) is 0. The molecule has 0 saturated carbocycles. The van der Waals surface area contributed by atoms with Crippen LogP contribution in [0.25, 0.3) is 0 Å². The normalized spacial score (nSPS) is 14.2. The first-order valence-corrected chi connectivity index (χ1v) is 7.47. The Labute approximate surface area is 130 Å². The second-order valence-electron chi connectivity index (χ2n) is 5.27. The highest BCUT2D eigenvalue weighted by molar-refractivity contribution is 5.38. The molecule has 5 heteroatoms. The van der Waals surface area contributed by atoms with Crippen LogP contribution in [-0.4, -0.2) is 28.0 Å². The van der Waals surface area contributed by atoms with Crippen LogP contribution in [0.1, 0.15) is 29.3 Å². The van der Waals surface area contributed by atoms with E-state index in [1.165, 1.54) is 0 Å². The van der Waals surface area contributed by atoms with Gasteiger partial charge < -0.3 is 4.74 Å². The molecule has 0 radical (unpaired) electrons. The molecular formula is C17H18N4O. The monoisotopic (exact) mass is 294 g/mol. The number of ether oxygens (including phenoxy) is 1. The van der Waals surface area contributed by atoms with Gasteiger partial charge in [-0.1, -0.05) is 18.2 Å². The summed E-state index contributed by atoms with van der Waals surface area (Å²) in [7, 11) is 0. The molecule has 112 valence electrons. The molecule has 0 spiro atoms. The Balaban J connectivity index is 1.81. The average molecular weight is 294 g/mol. The third kappa shape index (κ3) is 2.92. The fourth-order valence-corrected chi connectivity index (χ4v) is 2.78. The molecule has 1 aliphatic heterocycles. The van der Waals surface area contributed by atoms with Crippen molar-refractivity contribution in [3.8, 4) is 11.9 Å². The summed E-state index contributed by atoms with van der Waals surface area (Å²) in [6.45, 7) is 4.99. The molecule has 0 aliphatic carbocycles. The minimum atomic E-state index is 0.598. The van der Waals surface area contributed by atoms with Crippen LogP contribution in [0.3, 0.4) is 0 Å². The van der Waals surface area contributed by atoms with Gasteiger partial charge in [0.1, 0.15) is 6.33 Å². The Kier molecular flexibility index (Phi) is 4.31. The standard InChI is InChI=1S/C17H18N4O/c1-2-22-17-15-11-21(8-7-16(15)19-12-20-17)10-14-6-4-3-5-13(14)9-18/h3-6,12H,2,7-8,10-11H2,1H3. The lowest BCUT2D eigenvalue weighted by molar-refractivity contribution is 0.231. The Bertz CT molecular complexity index is 708. The second kappa shape index (κ2) is 6.54. The van der Waals surface area contributed by atoms with Gasteiger partial charge in [0, 0.05) is 31.6 Å². The minimum Gasteiger partial charge on any atom is -0.478 e. The second-order valence-corrected chi connectivity index (χ2v) is 5.27. The van der Waals surface area contributed by atoms with E-state index in [1.807, 2.05) is 31.2 Å². The van der Waals surface area contributed by atoms with Crippen LogP contribution in [0.5, 0.6) is 5.88 Å². The van der Waals surface area contributed by atoms with E-state index in [9.17, 15) is 5.26 Å². The summed E-state index contributed by atoms with van der Waals surface area (Å²) in [6, 6.07) is 10.0. The Morgan fingerprint density at radius 1 is 1.32 bits per heavy atom. The van der Waals surface area contributed by atoms with Crippen molar-refractivity contribution in [1.29, 1.82) is 5.26 Å². The fraction of sp³-hybridized carbons (Fsp3) is 0.353. The van der Waals surface area contributed by atoms with Crippen LogP contribution in [0.4, 0.5) is 0 Å². The highest BCUT2D eigenvalue weighted by atomic mass is 16.5. The molecule has 2 heterocycles. The van der Waals surface area contributed by atoms with Gasteiger partial charge in [-0.05, 0) is 18.6 Å². The van der Waals surface area contributed by atoms with E-state index >= 15 is 0 Å². The first-order chi connectivity index (χ1) is 10.8. The molecule has 0 amide bonds. The maximum atomic E-state index is 9.21. The summed E-state index contributed by atoms with van der Waals surface area (Å²) < 4.78 is 5.62. The zero-order chi connectivity index (χ0) is 15.4. The number of fused-ring (bicyclic) bond motifs is 1. The summed E-state index contributed by atoms with van der Waals surface area (Å²) >= 11 is 0. The van der Waals surface area contributed by atoms with Crippen LogP contribution in [0, 0.1) is 11.3 Å². The lowest BCUT2D eigenvalue weighted by Gasteiger charge is -2.29. The Morgan fingerprint density at radius 2 is 2.18 bits per heavy atom. The third-order valence-electron chi connectivity index (χ3n) is 3.85. The Hall–Kier alpha value is -2.45. The van der Waals surface area contributed by atoms with Crippen molar-refractivity contribution < 1.29 is 4.74 Å². The Morgan fingerprint density at radius 3 is 3.00 bits per heavy atom. The van der Waals surface area contributed by atoms with E-state index in [1.54, 1.807) is 6.33 Å². The molecule has 5 nitrogen and oxygen atoms in total. The molecule has 2 aromatic rings. The van der Waals surface area contributed by atoms with Gasteiger partial charge >= 0.3 is 0 Å². The summed E-state index contributed by atoms with van der Waals surface area (Å²) in [5.41, 5.74) is 3.94. The van der Waals surface area contributed by atoms with E-state index in [0.717, 1.165) is 48.4 Å². The first-order valence-electron chi connectivity index (χ1n) is 7.47. The molecule has 0 bridgehead atoms. The van der Waals surface area contributed by atoms with Crippen LogP contribution in [0.15, 0.2) is 30.6 Å². The summed E-state index contributed by atoms with van der Waals surface area (Å²) in [4.78, 5) is 10.9. The van der Waals surface area contributed by atoms with E-state index in [4.69, 9.17) is 4.74 Å². The molecule has 0 unspecified atom stereocenters. The van der Waals surface area contributed by atoms with E-state index < -0.39 is 0 Å². The van der Waals surface area contributed by atoms with Gasteiger partial charge in [0.25, 0.3) is 0 Å². The highest BCUT2D eigenvalue weighted by Crippen LogP contribution is 2.26. The van der Waals surface area contributed by atoms with Crippen LogP contribution >= 0.6 is 0 Å². The number of aromatic nitrogens is 2. The highest BCUT2D eigenvalue weighted by Gasteiger charge is 2.22. The van der Waals surface area contributed by atoms with Gasteiger partial charge in [-0.25, -0.2) is 9.97 Å². The number of rotatable bonds is 4. The van der Waals surface area contributed by atoms with Crippen molar-refractivity contribution in [1.82, 2.24) is 14.9 Å². The minimum absolute atomic E-state index is 0.598. The quantitative estimate of drug-likeness (QED) is 0.866. The topological polar surface area (TPSA) is 62.0 Å². The SMILES string of the molecule is CCOc1ncnc2c1CN(Cc1ccccc1C#N)CC2. The lowest BCUT2D eigenvalue weighted by atomic mass is 10.0. The molecule has 22 heavy (non-hydrogen) atoms. The van der Waals surface area contributed by atoms with Crippen molar-refractivity contribution >= 4 is 0 Å². The van der Waals surface area contributed by atoms with Crippen molar-refractivity contribution in [2.24, 2.45) is 0 Å². The van der Waals surface area contributed by atoms with Gasteiger partial charge in [0.05, 0.1) is 23.9 Å². The first kappa shape index (κ1) is 14.5. The molecule has 1 aromatic carbocycles. The smallest absolute Gasteiger partial charge is 0.221 e. The molecule has 1 aromatic heterocycles. The number of nitrogens with zero attached hydrogens (tertiary/aromatic N) is 4. The number of hydrogen-bond acceptors (Lipinski definition) is 5. The van der Waals surface area contributed by atoms with Crippen LogP contribution in [-0.2, 0) is 19.5 Å². The van der Waals surface area contributed by atoms with Gasteiger partial charge in [0.2, 0.25) is 5.88 Å². The predicted molar refractivity (Wildman–Crippen MR) is 82.2 cm³/mol. The molecule has 3 rings (SSSR count). The van der Waals surface area contributed by atoms with E-state index in [-0.39, 0.29) is 0 Å². The van der Waals surface area contributed by atoms with Gasteiger partial charge in [-0.3, -0.25) is 4.90 Å². The lowest BCUT2D eigenvalue weighted by Crippen LogP contribution is -2.31. The molecule has 0 fully saturated rings. The van der Waals surface area contributed by atoms with E-state index in [2.05, 4.69) is 20.9 Å². The maximum absolute atomic E-state index is 9.21. The van der Waals surface area contributed by atoms with Crippen molar-refractivity contribution in [2.45, 2.75) is 26.4 Å². The van der Waals surface area contributed by atoms with Crippen molar-refractivity contribution in [3.05, 3.63) is 53.0 Å². The summed E-state index contributed by atoms with van der Waals surface area (Å²) in [6.07, 6.45) is 2.46. The van der Waals surface area contributed by atoms with Gasteiger partial charge in [-0.2, -0.15) is 5.26 Å². The zero-order valence-electron chi connectivity index (χ0n) is 12.6. The number of nitriles is 1. The molecular weight excluding hydrogens is 276 g/mol. The molecule has 0 N–H and O–H groups in total. The predicted octanol–water partition coefficient (Wildman–Crippen LogP) is 2.31. The fourth-order valence-electron chi connectivity index (χ4n) is 2.78. The van der Waals surface area contributed by atoms with Crippen LogP contribution < -0.4 is 4.74 Å². The molecule has 1 aliphatic rings. The average Bonchev–Trinajstić information content (AvgIpc) is 2.56. The van der Waals surface area contributed by atoms with Crippen LogP contribution in [0.2, 0.25) is 0 Å². The maximum Gasteiger partial charge on any atom is 0.221 e. The summed E-state index contributed by atoms with van der Waals surface area (Å²) in [5.74, 6) is 0.686. The third-order valence-corrected chi connectivity index (χ3v) is 3.85. The largest absolute Gasteiger partial charge is 0.478 e. The molecule has 0 atom stereocenters. The van der Waals surface area contributed by atoms with Crippen molar-refractivity contribution in [2.75, 3.05) is 13.2 Å². The van der Waals surface area contributed by atoms with E-state index in [0.29, 0.717) is 12.5 Å². The number of benzene rings is 1. The zero-order valence-corrected chi connectivity index (χ0v) is 12.6. The van der Waals surface area contributed by atoms with Gasteiger partial charge in [-0.15, -0.1) is 0 Å².